The van der Waals surface area contributed by atoms with Crippen LogP contribution in [0.5, 0.6) is 0 Å². The molecule has 0 spiro atoms. The van der Waals surface area contributed by atoms with Crippen molar-refractivity contribution in [2.45, 2.75) is 32.7 Å². The summed E-state index contributed by atoms with van der Waals surface area (Å²) in [6, 6.07) is 14.3. The number of nitrogens with zero attached hydrogens (tertiary/aromatic N) is 2. The van der Waals surface area contributed by atoms with Crippen molar-refractivity contribution in [3.63, 3.8) is 0 Å². The Morgan fingerprint density at radius 1 is 1.20 bits per heavy atom. The lowest BCUT2D eigenvalue weighted by Crippen LogP contribution is -2.49. The van der Waals surface area contributed by atoms with E-state index in [9.17, 15) is 4.79 Å². The number of likely N-dealkylation sites (tertiary alicyclic amines) is 1. The Balaban J connectivity index is 1.79. The minimum absolute atomic E-state index is 0.0604. The van der Waals surface area contributed by atoms with Gasteiger partial charge in [-0.2, -0.15) is 0 Å². The van der Waals surface area contributed by atoms with Gasteiger partial charge in [0.05, 0.1) is 12.0 Å². The summed E-state index contributed by atoms with van der Waals surface area (Å²) in [7, 11) is 0. The Bertz CT molecular complexity index is 675. The Hall–Kier alpha value is -2.20. The third-order valence-corrected chi connectivity index (χ3v) is 4.88. The number of esters is 1. The van der Waals surface area contributed by atoms with Gasteiger partial charge in [-0.15, -0.1) is 0 Å². The molecule has 0 saturated carbocycles. The van der Waals surface area contributed by atoms with Gasteiger partial charge in [0.2, 0.25) is 0 Å². The lowest BCUT2D eigenvalue weighted by molar-refractivity contribution is -0.159. The first-order valence-corrected chi connectivity index (χ1v) is 9.04. The first-order valence-electron chi connectivity index (χ1n) is 9.04. The Morgan fingerprint density at radius 2 is 2.00 bits per heavy atom. The lowest BCUT2D eigenvalue weighted by Gasteiger charge is -2.41. The SMILES string of the molecule is CCOC(=O)C1(Cc2ccccc2)CCCN(Cc2cccnc2)C1. The zero-order valence-electron chi connectivity index (χ0n) is 14.9. The molecule has 1 aromatic carbocycles. The molecule has 0 bridgehead atoms. The van der Waals surface area contributed by atoms with Gasteiger partial charge in [-0.25, -0.2) is 0 Å². The van der Waals surface area contributed by atoms with Gasteiger partial charge in [-0.05, 0) is 49.9 Å². The van der Waals surface area contributed by atoms with E-state index in [1.807, 2.05) is 37.4 Å². The van der Waals surface area contributed by atoms with Crippen LogP contribution in [-0.2, 0) is 22.5 Å². The largest absolute Gasteiger partial charge is 0.466 e. The number of hydrogen-bond donors (Lipinski definition) is 0. The van der Waals surface area contributed by atoms with Crippen LogP contribution in [0, 0.1) is 5.41 Å². The van der Waals surface area contributed by atoms with E-state index >= 15 is 0 Å². The number of benzene rings is 1. The van der Waals surface area contributed by atoms with E-state index in [1.165, 1.54) is 11.1 Å². The summed E-state index contributed by atoms with van der Waals surface area (Å²) < 4.78 is 5.48. The summed E-state index contributed by atoms with van der Waals surface area (Å²) in [5.41, 5.74) is 1.92. The van der Waals surface area contributed by atoms with Gasteiger partial charge in [0.15, 0.2) is 0 Å². The highest BCUT2D eigenvalue weighted by atomic mass is 16.5. The molecule has 1 atom stereocenters. The summed E-state index contributed by atoms with van der Waals surface area (Å²) in [6.45, 7) is 4.87. The average molecular weight is 338 g/mol. The zero-order chi connectivity index (χ0) is 17.5. The second-order valence-electron chi connectivity index (χ2n) is 6.84. The fourth-order valence-electron chi connectivity index (χ4n) is 3.77. The molecule has 0 radical (unpaired) electrons. The van der Waals surface area contributed by atoms with Crippen molar-refractivity contribution >= 4 is 5.97 Å². The van der Waals surface area contributed by atoms with Crippen LogP contribution in [0.15, 0.2) is 54.9 Å². The first-order chi connectivity index (χ1) is 12.2. The van der Waals surface area contributed by atoms with Crippen LogP contribution in [0.25, 0.3) is 0 Å². The van der Waals surface area contributed by atoms with E-state index in [0.29, 0.717) is 6.61 Å². The molecule has 132 valence electrons. The molecule has 1 aliphatic rings. The molecule has 0 amide bonds. The highest BCUT2D eigenvalue weighted by Crippen LogP contribution is 2.35. The summed E-state index contributed by atoms with van der Waals surface area (Å²) >= 11 is 0. The number of pyridine rings is 1. The number of ether oxygens (including phenoxy) is 1. The molecule has 0 aliphatic carbocycles. The van der Waals surface area contributed by atoms with Gasteiger partial charge in [-0.1, -0.05) is 36.4 Å². The molecule has 2 aromatic rings. The minimum Gasteiger partial charge on any atom is -0.466 e. The predicted octanol–water partition coefficient (Wildman–Crippen LogP) is 3.47. The zero-order valence-corrected chi connectivity index (χ0v) is 14.9. The van der Waals surface area contributed by atoms with Crippen molar-refractivity contribution in [1.29, 1.82) is 0 Å². The van der Waals surface area contributed by atoms with E-state index in [2.05, 4.69) is 28.1 Å². The molecule has 4 nitrogen and oxygen atoms in total. The van der Waals surface area contributed by atoms with Gasteiger partial charge in [-0.3, -0.25) is 14.7 Å². The van der Waals surface area contributed by atoms with Crippen molar-refractivity contribution in [2.75, 3.05) is 19.7 Å². The molecule has 1 aliphatic heterocycles. The van der Waals surface area contributed by atoms with E-state index < -0.39 is 5.41 Å². The topological polar surface area (TPSA) is 42.4 Å². The number of carbonyl (C=O) groups excluding carboxylic acids is 1. The predicted molar refractivity (Wildman–Crippen MR) is 98.0 cm³/mol. The Kier molecular flexibility index (Phi) is 5.82. The monoisotopic (exact) mass is 338 g/mol. The van der Waals surface area contributed by atoms with Gasteiger partial charge < -0.3 is 4.74 Å². The fourth-order valence-corrected chi connectivity index (χ4v) is 3.77. The summed E-state index contributed by atoms with van der Waals surface area (Å²) in [5.74, 6) is -0.0604. The van der Waals surface area contributed by atoms with Crippen molar-refractivity contribution in [3.8, 4) is 0 Å². The molecule has 1 saturated heterocycles. The molecular formula is C21H26N2O2. The first kappa shape index (κ1) is 17.6. The fraction of sp³-hybridized carbons (Fsp3) is 0.429. The maximum absolute atomic E-state index is 12.9. The molecule has 25 heavy (non-hydrogen) atoms. The number of hydrogen-bond acceptors (Lipinski definition) is 4. The second-order valence-corrected chi connectivity index (χ2v) is 6.84. The van der Waals surface area contributed by atoms with Crippen LogP contribution >= 0.6 is 0 Å². The van der Waals surface area contributed by atoms with Gasteiger partial charge in [0.25, 0.3) is 0 Å². The smallest absolute Gasteiger partial charge is 0.313 e. The molecule has 2 heterocycles. The molecule has 3 rings (SSSR count). The van der Waals surface area contributed by atoms with Crippen molar-refractivity contribution in [1.82, 2.24) is 9.88 Å². The normalized spacial score (nSPS) is 21.0. The quantitative estimate of drug-likeness (QED) is 0.757. The van der Waals surface area contributed by atoms with E-state index in [4.69, 9.17) is 4.74 Å². The van der Waals surface area contributed by atoms with Crippen molar-refractivity contribution in [2.24, 2.45) is 5.41 Å². The molecular weight excluding hydrogens is 312 g/mol. The number of aromatic nitrogens is 1. The van der Waals surface area contributed by atoms with Crippen molar-refractivity contribution in [3.05, 3.63) is 66.0 Å². The van der Waals surface area contributed by atoms with Crippen LogP contribution in [0.4, 0.5) is 0 Å². The average Bonchev–Trinajstić information content (AvgIpc) is 2.64. The number of piperidine rings is 1. The maximum Gasteiger partial charge on any atom is 0.313 e. The number of rotatable bonds is 6. The molecule has 1 aromatic heterocycles. The lowest BCUT2D eigenvalue weighted by atomic mass is 9.75. The van der Waals surface area contributed by atoms with Crippen molar-refractivity contribution < 1.29 is 9.53 Å². The molecule has 0 N–H and O–H groups in total. The van der Waals surface area contributed by atoms with E-state index in [-0.39, 0.29) is 5.97 Å². The number of carbonyl (C=O) groups is 1. The summed E-state index contributed by atoms with van der Waals surface area (Å²) in [6.07, 6.45) is 6.31. The third-order valence-electron chi connectivity index (χ3n) is 4.88. The standard InChI is InChI=1S/C21H26N2O2/c1-2-25-20(24)21(14-18-8-4-3-5-9-18)11-7-13-23(17-21)16-19-10-6-12-22-15-19/h3-6,8-10,12,15H,2,7,11,13-14,16-17H2,1H3. The third kappa shape index (κ3) is 4.45. The van der Waals surface area contributed by atoms with Crippen LogP contribution in [0.1, 0.15) is 30.9 Å². The van der Waals surface area contributed by atoms with Crippen LogP contribution in [-0.4, -0.2) is 35.5 Å². The van der Waals surface area contributed by atoms with E-state index in [0.717, 1.165) is 38.9 Å². The van der Waals surface area contributed by atoms with Crippen LogP contribution in [0.2, 0.25) is 0 Å². The van der Waals surface area contributed by atoms with Crippen LogP contribution in [0.3, 0.4) is 0 Å². The highest BCUT2D eigenvalue weighted by molar-refractivity contribution is 5.77. The highest BCUT2D eigenvalue weighted by Gasteiger charge is 2.43. The Morgan fingerprint density at radius 3 is 2.72 bits per heavy atom. The maximum atomic E-state index is 12.9. The Labute approximate surface area is 149 Å². The molecule has 4 heteroatoms. The molecule has 1 fully saturated rings. The van der Waals surface area contributed by atoms with E-state index in [1.54, 1.807) is 6.20 Å². The minimum atomic E-state index is -0.460. The summed E-state index contributed by atoms with van der Waals surface area (Å²) in [4.78, 5) is 19.4. The summed E-state index contributed by atoms with van der Waals surface area (Å²) in [5, 5.41) is 0. The second kappa shape index (κ2) is 8.26. The van der Waals surface area contributed by atoms with Gasteiger partial charge in [0, 0.05) is 25.5 Å². The van der Waals surface area contributed by atoms with Gasteiger partial charge >= 0.3 is 5.97 Å². The van der Waals surface area contributed by atoms with Gasteiger partial charge in [0.1, 0.15) is 0 Å². The molecule has 1 unspecified atom stereocenters. The van der Waals surface area contributed by atoms with Crippen LogP contribution < -0.4 is 0 Å².